The zero-order valence-electron chi connectivity index (χ0n) is 9.96. The minimum atomic E-state index is 0.323. The molecule has 0 saturated heterocycles. The van der Waals surface area contributed by atoms with E-state index in [1.807, 2.05) is 0 Å². The zero-order valence-corrected chi connectivity index (χ0v) is 9.96. The Bertz CT molecular complexity index is 247. The molecule has 15 heavy (non-hydrogen) atoms. The molecule has 0 saturated carbocycles. The van der Waals surface area contributed by atoms with E-state index in [2.05, 4.69) is 26.0 Å². The topological polar surface area (TPSA) is 9.23 Å². The van der Waals surface area contributed by atoms with Crippen molar-refractivity contribution >= 4 is 0 Å². The first-order chi connectivity index (χ1) is 7.27. The fraction of sp³-hybridized carbons (Fsp3) is 0.714. The van der Waals surface area contributed by atoms with Crippen LogP contribution < -0.4 is 0 Å². The summed E-state index contributed by atoms with van der Waals surface area (Å²) in [4.78, 5) is 0. The average Bonchev–Trinajstić information content (AvgIpc) is 2.91. The van der Waals surface area contributed by atoms with Crippen LogP contribution in [0, 0.1) is 0 Å². The van der Waals surface area contributed by atoms with Crippen molar-refractivity contribution in [2.75, 3.05) is 0 Å². The lowest BCUT2D eigenvalue weighted by Gasteiger charge is -2.21. The normalized spacial score (nSPS) is 24.9. The third-order valence-electron chi connectivity index (χ3n) is 3.60. The molecule has 0 bridgehead atoms. The van der Waals surface area contributed by atoms with E-state index in [4.69, 9.17) is 4.74 Å². The Balaban J connectivity index is 1.85. The van der Waals surface area contributed by atoms with E-state index in [0.29, 0.717) is 12.2 Å². The van der Waals surface area contributed by atoms with Gasteiger partial charge in [-0.2, -0.15) is 0 Å². The van der Waals surface area contributed by atoms with Crippen molar-refractivity contribution in [1.29, 1.82) is 0 Å². The molecule has 0 heterocycles. The molecular formula is C14H22O. The molecule has 2 atom stereocenters. The highest BCUT2D eigenvalue weighted by Gasteiger charge is 2.19. The number of allylic oxidation sites excluding steroid dienone is 2. The molecule has 0 N–H and O–H groups in total. The SMILES string of the molecule is CC(OC(C)C1=CCCC1)C1=CCCC1. The summed E-state index contributed by atoms with van der Waals surface area (Å²) in [5.41, 5.74) is 3.03. The van der Waals surface area contributed by atoms with Gasteiger partial charge < -0.3 is 4.74 Å². The Morgan fingerprint density at radius 3 is 1.73 bits per heavy atom. The molecule has 1 nitrogen and oxygen atoms in total. The molecule has 84 valence electrons. The molecule has 0 aromatic heterocycles. The Morgan fingerprint density at radius 1 is 0.933 bits per heavy atom. The second-order valence-electron chi connectivity index (χ2n) is 4.76. The maximum absolute atomic E-state index is 6.08. The molecule has 0 radical (unpaired) electrons. The monoisotopic (exact) mass is 206 g/mol. The summed E-state index contributed by atoms with van der Waals surface area (Å²) in [6, 6.07) is 0. The molecule has 2 aliphatic carbocycles. The highest BCUT2D eigenvalue weighted by atomic mass is 16.5. The largest absolute Gasteiger partial charge is 0.367 e. The maximum atomic E-state index is 6.08. The molecule has 2 aliphatic rings. The lowest BCUT2D eigenvalue weighted by Crippen LogP contribution is -2.19. The van der Waals surface area contributed by atoms with Gasteiger partial charge >= 0.3 is 0 Å². The predicted molar refractivity (Wildman–Crippen MR) is 63.9 cm³/mol. The Morgan fingerprint density at radius 2 is 1.40 bits per heavy atom. The number of hydrogen-bond donors (Lipinski definition) is 0. The zero-order chi connectivity index (χ0) is 10.7. The maximum Gasteiger partial charge on any atom is 0.0764 e. The molecule has 0 fully saturated rings. The van der Waals surface area contributed by atoms with Crippen LogP contribution in [0.4, 0.5) is 0 Å². The van der Waals surface area contributed by atoms with Crippen molar-refractivity contribution < 1.29 is 4.74 Å². The van der Waals surface area contributed by atoms with Gasteiger partial charge in [0.05, 0.1) is 12.2 Å². The molecule has 0 aromatic carbocycles. The van der Waals surface area contributed by atoms with E-state index in [1.165, 1.54) is 49.7 Å². The van der Waals surface area contributed by atoms with Gasteiger partial charge in [-0.25, -0.2) is 0 Å². The first-order valence-electron chi connectivity index (χ1n) is 6.30. The van der Waals surface area contributed by atoms with Gasteiger partial charge in [0.2, 0.25) is 0 Å². The molecule has 0 spiro atoms. The summed E-state index contributed by atoms with van der Waals surface area (Å²) in [6.45, 7) is 4.40. The van der Waals surface area contributed by atoms with Gasteiger partial charge in [0.1, 0.15) is 0 Å². The summed E-state index contributed by atoms with van der Waals surface area (Å²) in [5.74, 6) is 0. The van der Waals surface area contributed by atoms with E-state index in [1.54, 1.807) is 0 Å². The quantitative estimate of drug-likeness (QED) is 0.632. The smallest absolute Gasteiger partial charge is 0.0764 e. The third kappa shape index (κ3) is 2.72. The van der Waals surface area contributed by atoms with E-state index in [0.717, 1.165) is 0 Å². The van der Waals surface area contributed by atoms with Crippen LogP contribution in [0.3, 0.4) is 0 Å². The second-order valence-corrected chi connectivity index (χ2v) is 4.76. The fourth-order valence-electron chi connectivity index (χ4n) is 2.61. The van der Waals surface area contributed by atoms with Gasteiger partial charge in [-0.3, -0.25) is 0 Å². The lowest BCUT2D eigenvalue weighted by atomic mass is 10.1. The van der Waals surface area contributed by atoms with Crippen LogP contribution >= 0.6 is 0 Å². The average molecular weight is 206 g/mol. The Labute approximate surface area is 93.2 Å². The van der Waals surface area contributed by atoms with E-state index < -0.39 is 0 Å². The third-order valence-corrected chi connectivity index (χ3v) is 3.60. The van der Waals surface area contributed by atoms with Crippen LogP contribution in [0.25, 0.3) is 0 Å². The van der Waals surface area contributed by atoms with Crippen LogP contribution in [0.15, 0.2) is 23.3 Å². The van der Waals surface area contributed by atoms with E-state index >= 15 is 0 Å². The van der Waals surface area contributed by atoms with E-state index in [9.17, 15) is 0 Å². The highest BCUT2D eigenvalue weighted by molar-refractivity contribution is 5.15. The van der Waals surface area contributed by atoms with Gasteiger partial charge in [0.25, 0.3) is 0 Å². The summed E-state index contributed by atoms with van der Waals surface area (Å²) < 4.78 is 6.08. The van der Waals surface area contributed by atoms with Gasteiger partial charge in [-0.05, 0) is 63.5 Å². The minimum absolute atomic E-state index is 0.323. The van der Waals surface area contributed by atoms with Crippen molar-refractivity contribution in [3.63, 3.8) is 0 Å². The van der Waals surface area contributed by atoms with Gasteiger partial charge in [0.15, 0.2) is 0 Å². The molecule has 0 aliphatic heterocycles. The van der Waals surface area contributed by atoms with Crippen LogP contribution in [0.2, 0.25) is 0 Å². The molecule has 0 aromatic rings. The first kappa shape index (κ1) is 10.9. The van der Waals surface area contributed by atoms with Crippen LogP contribution in [-0.4, -0.2) is 12.2 Å². The number of rotatable bonds is 4. The van der Waals surface area contributed by atoms with Crippen LogP contribution in [-0.2, 0) is 4.74 Å². The van der Waals surface area contributed by atoms with Crippen molar-refractivity contribution in [2.24, 2.45) is 0 Å². The summed E-state index contributed by atoms with van der Waals surface area (Å²) >= 11 is 0. The van der Waals surface area contributed by atoms with Gasteiger partial charge in [-0.1, -0.05) is 12.2 Å². The highest BCUT2D eigenvalue weighted by Crippen LogP contribution is 2.27. The lowest BCUT2D eigenvalue weighted by molar-refractivity contribution is 0.0470. The first-order valence-corrected chi connectivity index (χ1v) is 6.30. The number of ether oxygens (including phenoxy) is 1. The molecule has 1 heteroatoms. The Hall–Kier alpha value is -0.560. The molecule has 0 amide bonds. The van der Waals surface area contributed by atoms with Gasteiger partial charge in [-0.15, -0.1) is 0 Å². The van der Waals surface area contributed by atoms with Crippen molar-refractivity contribution in [3.05, 3.63) is 23.3 Å². The number of hydrogen-bond acceptors (Lipinski definition) is 1. The summed E-state index contributed by atoms with van der Waals surface area (Å²) in [5, 5.41) is 0. The standard InChI is InChI=1S/C14H22O/c1-11(13-7-3-4-8-13)15-12(2)14-9-5-6-10-14/h7,9,11-12H,3-6,8,10H2,1-2H3. The molecular weight excluding hydrogens is 184 g/mol. The summed E-state index contributed by atoms with van der Waals surface area (Å²) in [6.07, 6.45) is 13.0. The van der Waals surface area contributed by atoms with Crippen molar-refractivity contribution in [3.8, 4) is 0 Å². The minimum Gasteiger partial charge on any atom is -0.367 e. The molecule has 2 unspecified atom stereocenters. The van der Waals surface area contributed by atoms with Crippen molar-refractivity contribution in [2.45, 2.75) is 64.6 Å². The fourth-order valence-corrected chi connectivity index (χ4v) is 2.61. The predicted octanol–water partition coefficient (Wildman–Crippen LogP) is 4.00. The molecule has 2 rings (SSSR count). The summed E-state index contributed by atoms with van der Waals surface area (Å²) in [7, 11) is 0. The Kier molecular flexibility index (Phi) is 3.63. The van der Waals surface area contributed by atoms with Gasteiger partial charge in [0, 0.05) is 0 Å². The van der Waals surface area contributed by atoms with Crippen LogP contribution in [0.1, 0.15) is 52.4 Å². The van der Waals surface area contributed by atoms with E-state index in [-0.39, 0.29) is 0 Å². The second kappa shape index (κ2) is 4.98. The van der Waals surface area contributed by atoms with Crippen molar-refractivity contribution in [1.82, 2.24) is 0 Å². The van der Waals surface area contributed by atoms with Crippen LogP contribution in [0.5, 0.6) is 0 Å².